The van der Waals surface area contributed by atoms with Gasteiger partial charge in [0, 0.05) is 12.3 Å². The van der Waals surface area contributed by atoms with Gasteiger partial charge in [0.1, 0.15) is 11.5 Å². The lowest BCUT2D eigenvalue weighted by molar-refractivity contribution is -0.239. The molecule has 0 aromatic heterocycles. The Morgan fingerprint density at radius 3 is 2.44 bits per heavy atom. The molecule has 32 heavy (non-hydrogen) atoms. The van der Waals surface area contributed by atoms with E-state index in [1.165, 1.54) is 6.07 Å². The lowest BCUT2D eigenvalue weighted by Gasteiger charge is -2.39. The number of benzene rings is 1. The molecule has 0 bridgehead atoms. The fourth-order valence-electron chi connectivity index (χ4n) is 4.91. The standard InChI is InChI=1S/C24H34O8/c1-5-7-14(17-10-18(26)24(23(30)31-17)19(6-2)32-24)21(28)15-9-13(8-12(3)4)20(27)16(11-25)22(15)29/h9,11-12,14,17-19,23,26-27,29-30H,5-8,10H2,1-4H3/t14?,17-,18-,19-,23-,24+/m1/s1. The number of aromatic hydroxyl groups is 2. The highest BCUT2D eigenvalue weighted by Crippen LogP contribution is 2.50. The highest BCUT2D eigenvalue weighted by atomic mass is 16.7. The molecule has 8 nitrogen and oxygen atoms in total. The monoisotopic (exact) mass is 450 g/mol. The number of hydrogen-bond acceptors (Lipinski definition) is 8. The van der Waals surface area contributed by atoms with Crippen molar-refractivity contribution in [3.05, 3.63) is 22.8 Å². The first-order valence-electron chi connectivity index (χ1n) is 11.4. The molecule has 1 aromatic rings. The zero-order chi connectivity index (χ0) is 23.8. The maximum absolute atomic E-state index is 13.6. The van der Waals surface area contributed by atoms with Crippen LogP contribution in [0.15, 0.2) is 6.07 Å². The third-order valence-corrected chi connectivity index (χ3v) is 6.61. The molecule has 0 saturated carbocycles. The van der Waals surface area contributed by atoms with Crippen LogP contribution in [0.2, 0.25) is 0 Å². The summed E-state index contributed by atoms with van der Waals surface area (Å²) >= 11 is 0. The molecule has 2 fully saturated rings. The van der Waals surface area contributed by atoms with E-state index in [-0.39, 0.29) is 35.3 Å². The van der Waals surface area contributed by atoms with Gasteiger partial charge in [0.05, 0.1) is 29.4 Å². The average molecular weight is 451 g/mol. The summed E-state index contributed by atoms with van der Waals surface area (Å²) in [6.07, 6.45) is -0.969. The van der Waals surface area contributed by atoms with E-state index in [0.29, 0.717) is 37.5 Å². The smallest absolute Gasteiger partial charge is 0.189 e. The molecule has 1 spiro atoms. The Balaban J connectivity index is 1.94. The Kier molecular flexibility index (Phi) is 7.29. The van der Waals surface area contributed by atoms with Crippen LogP contribution in [-0.4, -0.2) is 62.7 Å². The second-order valence-electron chi connectivity index (χ2n) is 9.32. The molecule has 178 valence electrons. The Bertz CT molecular complexity index is 852. The lowest BCUT2D eigenvalue weighted by atomic mass is 9.80. The summed E-state index contributed by atoms with van der Waals surface area (Å²) in [5.74, 6) is -1.97. The van der Waals surface area contributed by atoms with Crippen molar-refractivity contribution in [2.75, 3.05) is 0 Å². The zero-order valence-electron chi connectivity index (χ0n) is 19.1. The summed E-state index contributed by atoms with van der Waals surface area (Å²) in [6.45, 7) is 7.66. The number of rotatable bonds is 9. The Labute approximate surface area is 188 Å². The fourth-order valence-corrected chi connectivity index (χ4v) is 4.91. The van der Waals surface area contributed by atoms with Gasteiger partial charge in [0.15, 0.2) is 24.0 Å². The van der Waals surface area contributed by atoms with Gasteiger partial charge in [0.2, 0.25) is 0 Å². The zero-order valence-corrected chi connectivity index (χ0v) is 19.1. The molecule has 2 saturated heterocycles. The number of aldehydes is 1. The van der Waals surface area contributed by atoms with Crippen molar-refractivity contribution in [2.45, 2.75) is 90.0 Å². The molecule has 6 atom stereocenters. The topological polar surface area (TPSA) is 137 Å². The van der Waals surface area contributed by atoms with Crippen LogP contribution in [0.3, 0.4) is 0 Å². The molecule has 1 aromatic carbocycles. The third-order valence-electron chi connectivity index (χ3n) is 6.61. The number of aliphatic hydroxyl groups excluding tert-OH is 2. The van der Waals surface area contributed by atoms with E-state index in [2.05, 4.69) is 0 Å². The van der Waals surface area contributed by atoms with Crippen molar-refractivity contribution in [3.8, 4) is 11.5 Å². The first-order valence-corrected chi connectivity index (χ1v) is 11.4. The molecule has 1 unspecified atom stereocenters. The number of carbonyl (C=O) groups is 2. The normalized spacial score (nSPS) is 30.5. The van der Waals surface area contributed by atoms with E-state index in [1.54, 1.807) is 0 Å². The molecule has 0 amide bonds. The van der Waals surface area contributed by atoms with Crippen LogP contribution in [0.1, 0.15) is 79.7 Å². The van der Waals surface area contributed by atoms with E-state index in [1.807, 2.05) is 27.7 Å². The third kappa shape index (κ3) is 4.17. The van der Waals surface area contributed by atoms with Crippen molar-refractivity contribution >= 4 is 12.1 Å². The number of ketones is 1. The quantitative estimate of drug-likeness (QED) is 0.256. The predicted molar refractivity (Wildman–Crippen MR) is 116 cm³/mol. The first kappa shape index (κ1) is 24.6. The van der Waals surface area contributed by atoms with Crippen LogP contribution in [0.5, 0.6) is 11.5 Å². The van der Waals surface area contributed by atoms with Crippen LogP contribution in [-0.2, 0) is 15.9 Å². The van der Waals surface area contributed by atoms with Gasteiger partial charge in [-0.3, -0.25) is 9.59 Å². The minimum absolute atomic E-state index is 0.0685. The SMILES string of the molecule is CCCC(C(=O)c1cc(CC(C)C)c(O)c(C=O)c1O)[C@H]1C[C@@H](O)[C@@]2(O[C@@H]2CC)[C@H](O)O1. The highest BCUT2D eigenvalue weighted by molar-refractivity contribution is 6.04. The maximum Gasteiger partial charge on any atom is 0.189 e. The molecular weight excluding hydrogens is 416 g/mol. The van der Waals surface area contributed by atoms with Crippen LogP contribution in [0.4, 0.5) is 0 Å². The number of ether oxygens (including phenoxy) is 2. The molecule has 0 aliphatic carbocycles. The van der Waals surface area contributed by atoms with Crippen LogP contribution < -0.4 is 0 Å². The van der Waals surface area contributed by atoms with Gasteiger partial charge in [0.25, 0.3) is 0 Å². The van der Waals surface area contributed by atoms with Crippen LogP contribution in [0.25, 0.3) is 0 Å². The highest BCUT2D eigenvalue weighted by Gasteiger charge is 2.68. The molecule has 2 heterocycles. The van der Waals surface area contributed by atoms with Crippen molar-refractivity contribution in [2.24, 2.45) is 11.8 Å². The molecular formula is C24H34O8. The molecule has 2 aliphatic heterocycles. The molecule has 0 radical (unpaired) electrons. The number of Topliss-reactive ketones (excluding diaryl/α,β-unsaturated/α-hetero) is 1. The minimum atomic E-state index is -1.37. The van der Waals surface area contributed by atoms with E-state index in [9.17, 15) is 30.0 Å². The van der Waals surface area contributed by atoms with Gasteiger partial charge in [-0.25, -0.2) is 0 Å². The number of phenols is 2. The van der Waals surface area contributed by atoms with Gasteiger partial charge < -0.3 is 29.9 Å². The van der Waals surface area contributed by atoms with Gasteiger partial charge >= 0.3 is 0 Å². The number of aliphatic hydroxyl groups is 2. The largest absolute Gasteiger partial charge is 0.507 e. The Hall–Kier alpha value is -2.00. The van der Waals surface area contributed by atoms with Crippen molar-refractivity contribution in [1.82, 2.24) is 0 Å². The van der Waals surface area contributed by atoms with Gasteiger partial charge in [-0.15, -0.1) is 0 Å². The van der Waals surface area contributed by atoms with E-state index in [4.69, 9.17) is 9.47 Å². The van der Waals surface area contributed by atoms with Gasteiger partial charge in [-0.2, -0.15) is 0 Å². The van der Waals surface area contributed by atoms with E-state index >= 15 is 0 Å². The van der Waals surface area contributed by atoms with Gasteiger partial charge in [-0.1, -0.05) is 34.1 Å². The number of epoxide rings is 1. The number of hydrogen-bond donors (Lipinski definition) is 4. The first-order chi connectivity index (χ1) is 15.1. The van der Waals surface area contributed by atoms with Crippen molar-refractivity contribution in [3.63, 3.8) is 0 Å². The Morgan fingerprint density at radius 1 is 1.25 bits per heavy atom. The second kappa shape index (κ2) is 9.47. The fraction of sp³-hybridized carbons (Fsp3) is 0.667. The molecule has 2 aliphatic rings. The Morgan fingerprint density at radius 2 is 1.94 bits per heavy atom. The van der Waals surface area contributed by atoms with Crippen molar-refractivity contribution in [1.29, 1.82) is 0 Å². The average Bonchev–Trinajstić information content (AvgIpc) is 3.48. The second-order valence-corrected chi connectivity index (χ2v) is 9.32. The molecule has 8 heteroatoms. The number of carbonyl (C=O) groups excluding carboxylic acids is 2. The van der Waals surface area contributed by atoms with E-state index < -0.39 is 41.5 Å². The summed E-state index contributed by atoms with van der Waals surface area (Å²) in [7, 11) is 0. The summed E-state index contributed by atoms with van der Waals surface area (Å²) in [6, 6.07) is 1.43. The number of phenolic OH excluding ortho intramolecular Hbond substituents is 2. The summed E-state index contributed by atoms with van der Waals surface area (Å²) in [5.41, 5.74) is -1.14. The molecule has 3 rings (SSSR count). The van der Waals surface area contributed by atoms with Gasteiger partial charge in [-0.05, 0) is 36.8 Å². The summed E-state index contributed by atoms with van der Waals surface area (Å²) in [4.78, 5) is 25.1. The predicted octanol–water partition coefficient (Wildman–Crippen LogP) is 2.72. The van der Waals surface area contributed by atoms with Crippen LogP contribution in [0, 0.1) is 11.8 Å². The van der Waals surface area contributed by atoms with E-state index in [0.717, 1.165) is 0 Å². The lowest BCUT2D eigenvalue weighted by Crippen LogP contribution is -2.55. The molecule has 4 N–H and O–H groups in total. The van der Waals surface area contributed by atoms with Crippen molar-refractivity contribution < 1.29 is 39.5 Å². The maximum atomic E-state index is 13.6. The summed E-state index contributed by atoms with van der Waals surface area (Å²) < 4.78 is 11.3. The summed E-state index contributed by atoms with van der Waals surface area (Å²) in [5, 5.41) is 42.3. The minimum Gasteiger partial charge on any atom is -0.507 e. The van der Waals surface area contributed by atoms with Crippen LogP contribution >= 0.6 is 0 Å².